The van der Waals surface area contributed by atoms with Gasteiger partial charge in [0.2, 0.25) is 0 Å². The largest absolute Gasteiger partial charge is 0.506 e. The molecule has 0 spiro atoms. The molecule has 0 radical (unpaired) electrons. The zero-order valence-corrected chi connectivity index (χ0v) is 12.8. The summed E-state index contributed by atoms with van der Waals surface area (Å²) in [5.74, 6) is -2.01. The Morgan fingerprint density at radius 3 is 2.88 bits per heavy atom. The van der Waals surface area contributed by atoms with Crippen LogP contribution in [0.15, 0.2) is 29.2 Å². The van der Waals surface area contributed by atoms with Crippen LogP contribution in [0.4, 0.5) is 0 Å². The first-order chi connectivity index (χ1) is 11.5. The number of hydrogen-bond acceptors (Lipinski definition) is 4. The van der Waals surface area contributed by atoms with E-state index < -0.39 is 22.8 Å². The first-order valence-electron chi connectivity index (χ1n) is 7.35. The van der Waals surface area contributed by atoms with E-state index in [4.69, 9.17) is 9.84 Å². The Morgan fingerprint density at radius 2 is 2.12 bits per heavy atom. The molecule has 0 amide bonds. The second kappa shape index (κ2) is 4.97. The normalized spacial score (nSPS) is 13.4. The van der Waals surface area contributed by atoms with Crippen molar-refractivity contribution >= 4 is 16.9 Å². The summed E-state index contributed by atoms with van der Waals surface area (Å²) in [7, 11) is 1.94. The van der Waals surface area contributed by atoms with E-state index in [0.717, 1.165) is 22.0 Å². The van der Waals surface area contributed by atoms with Crippen LogP contribution in [-0.4, -0.2) is 25.7 Å². The average Bonchev–Trinajstić information content (AvgIpc) is 2.78. The number of aromatic carboxylic acids is 1. The maximum atomic E-state index is 12.1. The molecule has 4 rings (SSSR count). The third-order valence-electron chi connectivity index (χ3n) is 4.39. The van der Waals surface area contributed by atoms with Gasteiger partial charge < -0.3 is 24.5 Å². The Morgan fingerprint density at radius 1 is 1.33 bits per heavy atom. The van der Waals surface area contributed by atoms with Crippen LogP contribution in [0, 0.1) is 0 Å². The molecule has 1 aliphatic heterocycles. The number of benzene rings is 1. The Hall–Kier alpha value is -3.06. The van der Waals surface area contributed by atoms with Crippen molar-refractivity contribution < 1.29 is 19.7 Å². The van der Waals surface area contributed by atoms with E-state index in [2.05, 4.69) is 4.98 Å². The minimum Gasteiger partial charge on any atom is -0.506 e. The molecule has 0 atom stereocenters. The molecule has 0 fully saturated rings. The number of H-pyrrole nitrogens is 1. The molecule has 7 heteroatoms. The molecule has 2 aromatic heterocycles. The summed E-state index contributed by atoms with van der Waals surface area (Å²) in [6.45, 7) is 0.318. The SMILES string of the molecule is Cn1ccc2cc3c(cc21)COCc1c-3[nH]c(=O)c(C(=O)O)c1O. The van der Waals surface area contributed by atoms with Crippen LogP contribution in [0.1, 0.15) is 21.5 Å². The molecule has 24 heavy (non-hydrogen) atoms. The van der Waals surface area contributed by atoms with E-state index in [1.165, 1.54) is 0 Å². The molecule has 7 nitrogen and oxygen atoms in total. The molecule has 3 N–H and O–H groups in total. The van der Waals surface area contributed by atoms with Gasteiger partial charge in [-0.25, -0.2) is 4.79 Å². The number of carbonyl (C=O) groups is 1. The summed E-state index contributed by atoms with van der Waals surface area (Å²) in [5.41, 5.74) is 1.80. The monoisotopic (exact) mass is 326 g/mol. The van der Waals surface area contributed by atoms with Gasteiger partial charge in [0, 0.05) is 35.3 Å². The molecule has 1 aliphatic rings. The summed E-state index contributed by atoms with van der Waals surface area (Å²) in [6, 6.07) is 5.83. The van der Waals surface area contributed by atoms with Gasteiger partial charge in [-0.1, -0.05) is 0 Å². The average molecular weight is 326 g/mol. The van der Waals surface area contributed by atoms with Gasteiger partial charge in [-0.05, 0) is 23.8 Å². The van der Waals surface area contributed by atoms with Gasteiger partial charge >= 0.3 is 5.97 Å². The lowest BCUT2D eigenvalue weighted by Crippen LogP contribution is -2.20. The number of carboxylic acid groups (broad SMARTS) is 1. The van der Waals surface area contributed by atoms with Gasteiger partial charge in [0.05, 0.1) is 18.9 Å². The van der Waals surface area contributed by atoms with E-state index in [9.17, 15) is 14.7 Å². The number of rotatable bonds is 1. The first kappa shape index (κ1) is 14.5. The van der Waals surface area contributed by atoms with Crippen molar-refractivity contribution in [3.8, 4) is 17.0 Å². The third kappa shape index (κ3) is 1.95. The van der Waals surface area contributed by atoms with Gasteiger partial charge in [-0.3, -0.25) is 4.79 Å². The summed E-state index contributed by atoms with van der Waals surface area (Å²) in [5, 5.41) is 20.4. The van der Waals surface area contributed by atoms with Crippen molar-refractivity contribution in [3.05, 3.63) is 51.4 Å². The molecule has 1 aromatic carbocycles. The van der Waals surface area contributed by atoms with Gasteiger partial charge in [0.25, 0.3) is 5.56 Å². The molecule has 0 unspecified atom stereocenters. The number of nitrogens with one attached hydrogen (secondary N) is 1. The number of hydrogen-bond donors (Lipinski definition) is 3. The number of aromatic amines is 1. The molecular weight excluding hydrogens is 312 g/mol. The molecule has 0 saturated heterocycles. The van der Waals surface area contributed by atoms with E-state index in [1.54, 1.807) is 0 Å². The number of carboxylic acids is 1. The number of ether oxygens (including phenoxy) is 1. The zero-order valence-electron chi connectivity index (χ0n) is 12.8. The first-order valence-corrected chi connectivity index (χ1v) is 7.35. The van der Waals surface area contributed by atoms with Crippen molar-refractivity contribution in [3.63, 3.8) is 0 Å². The third-order valence-corrected chi connectivity index (χ3v) is 4.39. The fraction of sp³-hybridized carbons (Fsp3) is 0.176. The number of nitrogens with zero attached hydrogens (tertiary/aromatic N) is 1. The fourth-order valence-electron chi connectivity index (χ4n) is 3.17. The molecule has 0 saturated carbocycles. The topological polar surface area (TPSA) is 105 Å². The minimum atomic E-state index is -1.47. The summed E-state index contributed by atoms with van der Waals surface area (Å²) in [6.07, 6.45) is 1.93. The van der Waals surface area contributed by atoms with Crippen LogP contribution in [0.2, 0.25) is 0 Å². The van der Waals surface area contributed by atoms with Crippen LogP contribution in [0.5, 0.6) is 5.75 Å². The van der Waals surface area contributed by atoms with Crippen LogP contribution in [-0.2, 0) is 25.0 Å². The lowest BCUT2D eigenvalue weighted by molar-refractivity contribution is 0.0690. The van der Waals surface area contributed by atoms with Crippen LogP contribution in [0.25, 0.3) is 22.2 Å². The van der Waals surface area contributed by atoms with E-state index >= 15 is 0 Å². The highest BCUT2D eigenvalue weighted by atomic mass is 16.5. The fourth-order valence-corrected chi connectivity index (χ4v) is 3.17. The molecule has 0 bridgehead atoms. The molecule has 3 heterocycles. The van der Waals surface area contributed by atoms with Crippen molar-refractivity contribution in [1.29, 1.82) is 0 Å². The minimum absolute atomic E-state index is 0.0171. The van der Waals surface area contributed by atoms with Gasteiger partial charge in [0.15, 0.2) is 5.56 Å². The molecular formula is C17H14N2O5. The maximum absolute atomic E-state index is 12.1. The Kier molecular flexibility index (Phi) is 3.01. The Bertz CT molecular complexity index is 1060. The number of aromatic hydroxyl groups is 1. The Labute approximate surface area is 135 Å². The lowest BCUT2D eigenvalue weighted by Gasteiger charge is -2.12. The highest BCUT2D eigenvalue weighted by Gasteiger charge is 2.26. The van der Waals surface area contributed by atoms with Crippen LogP contribution < -0.4 is 5.56 Å². The molecule has 122 valence electrons. The van der Waals surface area contributed by atoms with Gasteiger partial charge in [-0.15, -0.1) is 0 Å². The van der Waals surface area contributed by atoms with Crippen molar-refractivity contribution in [2.45, 2.75) is 13.2 Å². The van der Waals surface area contributed by atoms with Crippen molar-refractivity contribution in [2.75, 3.05) is 0 Å². The summed E-state index contributed by atoms with van der Waals surface area (Å²) >= 11 is 0. The molecule has 3 aromatic rings. The number of aryl methyl sites for hydroxylation is 1. The van der Waals surface area contributed by atoms with Crippen molar-refractivity contribution in [1.82, 2.24) is 9.55 Å². The number of fused-ring (bicyclic) bond motifs is 4. The van der Waals surface area contributed by atoms with Gasteiger partial charge in [0.1, 0.15) is 5.75 Å². The van der Waals surface area contributed by atoms with E-state index in [0.29, 0.717) is 12.3 Å². The van der Waals surface area contributed by atoms with Crippen molar-refractivity contribution in [2.24, 2.45) is 7.05 Å². The lowest BCUT2D eigenvalue weighted by atomic mass is 9.98. The summed E-state index contributed by atoms with van der Waals surface area (Å²) in [4.78, 5) is 25.9. The quantitative estimate of drug-likeness (QED) is 0.634. The Balaban J connectivity index is 2.07. The van der Waals surface area contributed by atoms with Gasteiger partial charge in [-0.2, -0.15) is 0 Å². The standard InChI is InChI=1S/C17H14N2O5/c1-19-3-2-8-4-10-9(5-12(8)19)6-24-7-11-14(10)18-16(21)13(15(11)20)17(22)23/h2-5H,6-7H2,1H3,(H,22,23)(H2,18,20,21). The number of aromatic nitrogens is 2. The van der Waals surface area contributed by atoms with E-state index in [-0.39, 0.29) is 12.2 Å². The van der Waals surface area contributed by atoms with Crippen LogP contribution >= 0.6 is 0 Å². The number of pyridine rings is 1. The second-order valence-corrected chi connectivity index (χ2v) is 5.82. The second-order valence-electron chi connectivity index (χ2n) is 5.82. The summed E-state index contributed by atoms with van der Waals surface area (Å²) < 4.78 is 7.57. The highest BCUT2D eigenvalue weighted by molar-refractivity contribution is 5.93. The smallest absolute Gasteiger partial charge is 0.345 e. The molecule has 0 aliphatic carbocycles. The van der Waals surface area contributed by atoms with E-state index in [1.807, 2.05) is 36.0 Å². The highest BCUT2D eigenvalue weighted by Crippen LogP contribution is 2.37. The predicted octanol–water partition coefficient (Wildman–Crippen LogP) is 1.97. The zero-order chi connectivity index (χ0) is 17.0. The maximum Gasteiger partial charge on any atom is 0.345 e. The predicted molar refractivity (Wildman–Crippen MR) is 86.1 cm³/mol. The van der Waals surface area contributed by atoms with Crippen LogP contribution in [0.3, 0.4) is 0 Å².